The summed E-state index contributed by atoms with van der Waals surface area (Å²) in [5.41, 5.74) is 1.42. The van der Waals surface area contributed by atoms with Crippen molar-refractivity contribution in [2.24, 2.45) is 7.05 Å². The lowest BCUT2D eigenvalue weighted by molar-refractivity contribution is 0.208. The molecule has 0 spiro atoms. The second-order valence-electron chi connectivity index (χ2n) is 5.60. The Bertz CT molecular complexity index is 882. The average Bonchev–Trinajstić information content (AvgIpc) is 2.93. The third-order valence-electron chi connectivity index (χ3n) is 3.52. The molecular weight excluding hydrogens is 294 g/mol. The van der Waals surface area contributed by atoms with Crippen LogP contribution in [0.1, 0.15) is 12.5 Å². The molecule has 1 unspecified atom stereocenters. The van der Waals surface area contributed by atoms with Gasteiger partial charge in [0.15, 0.2) is 0 Å². The van der Waals surface area contributed by atoms with Gasteiger partial charge in [0, 0.05) is 25.4 Å². The van der Waals surface area contributed by atoms with Crippen LogP contribution in [0.15, 0.2) is 41.5 Å². The van der Waals surface area contributed by atoms with E-state index in [0.29, 0.717) is 29.9 Å². The number of aliphatic hydroxyl groups excluding tert-OH is 1. The molecule has 0 aliphatic rings. The van der Waals surface area contributed by atoms with Gasteiger partial charge in [0.2, 0.25) is 5.95 Å². The van der Waals surface area contributed by atoms with Crippen molar-refractivity contribution in [3.05, 3.63) is 52.6 Å². The van der Waals surface area contributed by atoms with Gasteiger partial charge in [-0.15, -0.1) is 0 Å². The third-order valence-corrected chi connectivity index (χ3v) is 3.52. The van der Waals surface area contributed by atoms with Crippen LogP contribution in [-0.4, -0.2) is 37.1 Å². The molecule has 7 nitrogen and oxygen atoms in total. The van der Waals surface area contributed by atoms with Gasteiger partial charge < -0.3 is 10.4 Å². The van der Waals surface area contributed by atoms with E-state index < -0.39 is 6.10 Å². The van der Waals surface area contributed by atoms with Crippen LogP contribution >= 0.6 is 0 Å². The lowest BCUT2D eigenvalue weighted by Gasteiger charge is -2.15. The van der Waals surface area contributed by atoms with Crippen molar-refractivity contribution in [3.63, 3.8) is 0 Å². The maximum Gasteiger partial charge on any atom is 0.263 e. The van der Waals surface area contributed by atoms with Gasteiger partial charge in [-0.25, -0.2) is 4.98 Å². The molecule has 0 radical (unpaired) electrons. The van der Waals surface area contributed by atoms with Gasteiger partial charge in [-0.2, -0.15) is 5.10 Å². The summed E-state index contributed by atoms with van der Waals surface area (Å²) in [6, 6.07) is 7.24. The number of rotatable bonds is 5. The van der Waals surface area contributed by atoms with E-state index in [2.05, 4.69) is 15.4 Å². The van der Waals surface area contributed by atoms with Crippen molar-refractivity contribution < 1.29 is 5.11 Å². The van der Waals surface area contributed by atoms with Crippen molar-refractivity contribution in [1.29, 1.82) is 0 Å². The molecule has 3 rings (SSSR count). The van der Waals surface area contributed by atoms with Gasteiger partial charge in [0.05, 0.1) is 29.7 Å². The number of fused-ring (bicyclic) bond motifs is 1. The highest BCUT2D eigenvalue weighted by Gasteiger charge is 2.12. The summed E-state index contributed by atoms with van der Waals surface area (Å²) in [6.07, 6.45) is 3.05. The largest absolute Gasteiger partial charge is 0.392 e. The van der Waals surface area contributed by atoms with Crippen LogP contribution in [0.25, 0.3) is 10.9 Å². The minimum atomic E-state index is -0.537. The van der Waals surface area contributed by atoms with Crippen molar-refractivity contribution in [2.75, 3.05) is 11.9 Å². The van der Waals surface area contributed by atoms with E-state index in [4.69, 9.17) is 0 Å². The molecule has 120 valence electrons. The summed E-state index contributed by atoms with van der Waals surface area (Å²) in [6.45, 7) is 2.36. The van der Waals surface area contributed by atoms with E-state index in [1.807, 2.05) is 25.4 Å². The molecule has 0 fully saturated rings. The van der Waals surface area contributed by atoms with Gasteiger partial charge in [-0.05, 0) is 19.1 Å². The number of hydrogen-bond donors (Lipinski definition) is 2. The standard InChI is InChI=1S/C16H19N5O2/c1-11(22)7-17-16-19-14-6-4-3-5-13(14)15(23)21(16)10-12-8-18-20(2)9-12/h3-6,8-9,11,22H,7,10H2,1-2H3,(H,17,19). The predicted molar refractivity (Wildman–Crippen MR) is 88.5 cm³/mol. The Labute approximate surface area is 133 Å². The number of aromatic nitrogens is 4. The van der Waals surface area contributed by atoms with Gasteiger partial charge >= 0.3 is 0 Å². The number of benzene rings is 1. The average molecular weight is 313 g/mol. The predicted octanol–water partition coefficient (Wildman–Crippen LogP) is 0.971. The lowest BCUT2D eigenvalue weighted by atomic mass is 10.2. The molecule has 7 heteroatoms. The van der Waals surface area contributed by atoms with Crippen molar-refractivity contribution in [1.82, 2.24) is 19.3 Å². The molecule has 2 heterocycles. The van der Waals surface area contributed by atoms with Crippen LogP contribution in [-0.2, 0) is 13.6 Å². The quantitative estimate of drug-likeness (QED) is 0.733. The van der Waals surface area contributed by atoms with Gasteiger partial charge in [-0.1, -0.05) is 12.1 Å². The van der Waals surface area contributed by atoms with Crippen molar-refractivity contribution in [2.45, 2.75) is 19.6 Å². The minimum absolute atomic E-state index is 0.118. The number of anilines is 1. The number of nitrogens with zero attached hydrogens (tertiary/aromatic N) is 4. The first kappa shape index (κ1) is 15.2. The second-order valence-corrected chi connectivity index (χ2v) is 5.60. The summed E-state index contributed by atoms with van der Waals surface area (Å²) in [5.74, 6) is 0.443. The van der Waals surface area contributed by atoms with Crippen LogP contribution in [0.2, 0.25) is 0 Å². The van der Waals surface area contributed by atoms with Crippen molar-refractivity contribution >= 4 is 16.9 Å². The monoisotopic (exact) mass is 313 g/mol. The number of para-hydroxylation sites is 1. The molecule has 1 atom stereocenters. The van der Waals surface area contributed by atoms with E-state index in [0.717, 1.165) is 5.56 Å². The Balaban J connectivity index is 2.09. The van der Waals surface area contributed by atoms with Gasteiger partial charge in [0.25, 0.3) is 5.56 Å². The molecule has 23 heavy (non-hydrogen) atoms. The molecule has 1 aromatic carbocycles. The molecule has 0 aliphatic heterocycles. The molecule has 0 bridgehead atoms. The van der Waals surface area contributed by atoms with E-state index in [1.54, 1.807) is 34.5 Å². The fourth-order valence-corrected chi connectivity index (χ4v) is 2.42. The first-order chi connectivity index (χ1) is 11.0. The summed E-state index contributed by atoms with van der Waals surface area (Å²) in [7, 11) is 1.83. The number of aryl methyl sites for hydroxylation is 1. The Hall–Kier alpha value is -2.67. The molecular formula is C16H19N5O2. The van der Waals surface area contributed by atoms with Crippen LogP contribution < -0.4 is 10.9 Å². The summed E-state index contributed by atoms with van der Waals surface area (Å²) >= 11 is 0. The fourth-order valence-electron chi connectivity index (χ4n) is 2.42. The Morgan fingerprint density at radius 3 is 2.83 bits per heavy atom. The van der Waals surface area contributed by atoms with Gasteiger partial charge in [-0.3, -0.25) is 14.0 Å². The van der Waals surface area contributed by atoms with E-state index in [1.165, 1.54) is 0 Å². The fraction of sp³-hybridized carbons (Fsp3) is 0.312. The van der Waals surface area contributed by atoms with E-state index in [9.17, 15) is 9.90 Å². The Morgan fingerprint density at radius 2 is 2.13 bits per heavy atom. The zero-order valence-corrected chi connectivity index (χ0v) is 13.1. The summed E-state index contributed by atoms with van der Waals surface area (Å²) in [4.78, 5) is 17.3. The normalized spacial score (nSPS) is 12.5. The van der Waals surface area contributed by atoms with Crippen LogP contribution in [0.5, 0.6) is 0 Å². The number of nitrogens with one attached hydrogen (secondary N) is 1. The SMILES string of the molecule is CC(O)CNc1nc2ccccc2c(=O)n1Cc1cnn(C)c1. The lowest BCUT2D eigenvalue weighted by Crippen LogP contribution is -2.28. The maximum atomic E-state index is 12.8. The summed E-state index contributed by atoms with van der Waals surface area (Å²) in [5, 5.41) is 17.2. The number of hydrogen-bond acceptors (Lipinski definition) is 5. The molecule has 0 saturated carbocycles. The highest BCUT2D eigenvalue weighted by atomic mass is 16.3. The molecule has 0 amide bonds. The minimum Gasteiger partial charge on any atom is -0.392 e. The topological polar surface area (TPSA) is 85.0 Å². The second kappa shape index (κ2) is 6.21. The van der Waals surface area contributed by atoms with Gasteiger partial charge in [0.1, 0.15) is 0 Å². The van der Waals surface area contributed by atoms with Crippen molar-refractivity contribution in [3.8, 4) is 0 Å². The Morgan fingerprint density at radius 1 is 1.35 bits per heavy atom. The molecule has 0 aliphatic carbocycles. The first-order valence-corrected chi connectivity index (χ1v) is 7.43. The van der Waals surface area contributed by atoms with Crippen LogP contribution in [0.3, 0.4) is 0 Å². The maximum absolute atomic E-state index is 12.8. The highest BCUT2D eigenvalue weighted by molar-refractivity contribution is 5.78. The molecule has 2 aromatic heterocycles. The molecule has 0 saturated heterocycles. The molecule has 2 N–H and O–H groups in total. The highest BCUT2D eigenvalue weighted by Crippen LogP contribution is 2.13. The van der Waals surface area contributed by atoms with E-state index >= 15 is 0 Å². The smallest absolute Gasteiger partial charge is 0.263 e. The zero-order chi connectivity index (χ0) is 16.4. The zero-order valence-electron chi connectivity index (χ0n) is 13.1. The van der Waals surface area contributed by atoms with E-state index in [-0.39, 0.29) is 5.56 Å². The molecule has 3 aromatic rings. The summed E-state index contributed by atoms with van der Waals surface area (Å²) < 4.78 is 3.26. The third kappa shape index (κ3) is 3.24. The van der Waals surface area contributed by atoms with Crippen LogP contribution in [0, 0.1) is 0 Å². The van der Waals surface area contributed by atoms with Crippen LogP contribution in [0.4, 0.5) is 5.95 Å². The first-order valence-electron chi connectivity index (χ1n) is 7.43. The number of aliphatic hydroxyl groups is 1. The Kier molecular flexibility index (Phi) is 4.12.